The van der Waals surface area contributed by atoms with Crippen LogP contribution in [-0.4, -0.2) is 54.2 Å². The average Bonchev–Trinajstić information content (AvgIpc) is 3.25. The van der Waals surface area contributed by atoms with Crippen molar-refractivity contribution in [3.8, 4) is 22.1 Å². The Kier molecular flexibility index (Phi) is 6.70. The number of ether oxygens (including phenoxy) is 2. The second-order valence-electron chi connectivity index (χ2n) is 6.99. The first-order valence-electron chi connectivity index (χ1n) is 9.18. The Morgan fingerprint density at radius 3 is 2.75 bits per heavy atom. The molecule has 2 fully saturated rings. The minimum absolute atomic E-state index is 0. The van der Waals surface area contributed by atoms with E-state index in [9.17, 15) is 4.79 Å². The minimum Gasteiger partial charge on any atom is -0.486 e. The number of amides is 1. The van der Waals surface area contributed by atoms with E-state index in [1.54, 1.807) is 0 Å². The van der Waals surface area contributed by atoms with Crippen LogP contribution in [0.25, 0.3) is 10.6 Å². The maximum atomic E-state index is 13.1. The number of nitrogens with zero attached hydrogens (tertiary/aromatic N) is 2. The molecule has 0 spiro atoms. The first-order chi connectivity index (χ1) is 12.8. The summed E-state index contributed by atoms with van der Waals surface area (Å²) in [6.45, 7) is 3.02. The van der Waals surface area contributed by atoms with Gasteiger partial charge in [0.25, 0.3) is 5.91 Å². The van der Waals surface area contributed by atoms with Crippen LogP contribution in [0.1, 0.15) is 29.8 Å². The number of carbonyl (C=O) groups excluding carboxylic acids is 1. The lowest BCUT2D eigenvalue weighted by Crippen LogP contribution is -2.42. The summed E-state index contributed by atoms with van der Waals surface area (Å²) in [4.78, 5) is 19.8. The van der Waals surface area contributed by atoms with Crippen LogP contribution in [-0.2, 0) is 0 Å². The van der Waals surface area contributed by atoms with E-state index in [1.165, 1.54) is 11.3 Å². The van der Waals surface area contributed by atoms with E-state index in [4.69, 9.17) is 9.47 Å². The third-order valence-corrected chi connectivity index (χ3v) is 6.29. The lowest BCUT2D eigenvalue weighted by Gasteiger charge is -2.27. The van der Waals surface area contributed by atoms with Crippen molar-refractivity contribution in [2.75, 3.05) is 26.3 Å². The Morgan fingerprint density at radius 1 is 1.11 bits per heavy atom. The van der Waals surface area contributed by atoms with Gasteiger partial charge in [0.05, 0.1) is 0 Å². The van der Waals surface area contributed by atoms with Gasteiger partial charge < -0.3 is 19.7 Å². The van der Waals surface area contributed by atoms with Gasteiger partial charge in [-0.25, -0.2) is 4.98 Å². The molecule has 0 aliphatic carbocycles. The van der Waals surface area contributed by atoms with Gasteiger partial charge in [0.15, 0.2) is 11.5 Å². The van der Waals surface area contributed by atoms with Crippen LogP contribution >= 0.6 is 36.2 Å². The van der Waals surface area contributed by atoms with Crippen LogP contribution in [0.2, 0.25) is 0 Å². The molecule has 2 saturated heterocycles. The summed E-state index contributed by atoms with van der Waals surface area (Å²) in [7, 11) is 0. The first-order valence-corrected chi connectivity index (χ1v) is 10.1. The van der Waals surface area contributed by atoms with Crippen molar-refractivity contribution >= 4 is 42.1 Å². The van der Waals surface area contributed by atoms with Gasteiger partial charge >= 0.3 is 0 Å². The van der Waals surface area contributed by atoms with E-state index in [1.807, 2.05) is 23.6 Å². The summed E-state index contributed by atoms with van der Waals surface area (Å²) in [5.41, 5.74) is 1.51. The van der Waals surface area contributed by atoms with Crippen LogP contribution in [0.5, 0.6) is 11.5 Å². The summed E-state index contributed by atoms with van der Waals surface area (Å²) < 4.78 is 11.2. The van der Waals surface area contributed by atoms with Gasteiger partial charge in [0.1, 0.15) is 23.9 Å². The molecule has 1 amide bonds. The highest BCUT2D eigenvalue weighted by Crippen LogP contribution is 2.36. The molecular weight excluding hydrogens is 421 g/mol. The van der Waals surface area contributed by atoms with E-state index in [0.717, 1.165) is 54.4 Å². The zero-order valence-electron chi connectivity index (χ0n) is 15.3. The molecule has 4 heterocycles. The number of aromatic nitrogens is 1. The predicted molar refractivity (Wildman–Crippen MR) is 114 cm³/mol. The van der Waals surface area contributed by atoms with E-state index in [0.29, 0.717) is 31.0 Å². The van der Waals surface area contributed by atoms with Crippen LogP contribution in [0, 0.1) is 0 Å². The number of benzene rings is 1. The number of halogens is 2. The van der Waals surface area contributed by atoms with Crippen LogP contribution < -0.4 is 14.8 Å². The Bertz CT molecular complexity index is 834. The van der Waals surface area contributed by atoms with Crippen LogP contribution in [0.3, 0.4) is 0 Å². The van der Waals surface area contributed by atoms with Crippen molar-refractivity contribution in [3.63, 3.8) is 0 Å². The molecule has 152 valence electrons. The molecule has 0 saturated carbocycles. The maximum absolute atomic E-state index is 13.1. The molecule has 9 heteroatoms. The number of carbonyl (C=O) groups is 1. The minimum atomic E-state index is 0. The molecule has 1 N–H and O–H groups in total. The fourth-order valence-corrected chi connectivity index (χ4v) is 4.92. The highest BCUT2D eigenvalue weighted by molar-refractivity contribution is 7.13. The van der Waals surface area contributed by atoms with Crippen molar-refractivity contribution in [2.45, 2.75) is 31.3 Å². The van der Waals surface area contributed by atoms with Crippen molar-refractivity contribution < 1.29 is 14.3 Å². The second kappa shape index (κ2) is 8.86. The third kappa shape index (κ3) is 3.81. The molecule has 2 atom stereocenters. The van der Waals surface area contributed by atoms with Gasteiger partial charge in [-0.05, 0) is 44.0 Å². The van der Waals surface area contributed by atoms with Crippen molar-refractivity contribution in [2.24, 2.45) is 0 Å². The van der Waals surface area contributed by atoms with Gasteiger partial charge in [0.2, 0.25) is 0 Å². The number of hydrogen-bond acceptors (Lipinski definition) is 6. The SMILES string of the molecule is Cl.Cl.O=C(c1csc(-c2ccc3c(c2)OCCO3)n1)N1C2CCNCC1CC2. The van der Waals surface area contributed by atoms with Gasteiger partial charge in [-0.3, -0.25) is 4.79 Å². The number of thiazole rings is 1. The van der Waals surface area contributed by atoms with Crippen molar-refractivity contribution in [1.82, 2.24) is 15.2 Å². The predicted octanol–water partition coefficient (Wildman–Crippen LogP) is 3.39. The van der Waals surface area contributed by atoms with Crippen molar-refractivity contribution in [1.29, 1.82) is 0 Å². The molecule has 3 aliphatic rings. The normalized spacial score (nSPS) is 22.6. The smallest absolute Gasteiger partial charge is 0.273 e. The van der Waals surface area contributed by atoms with Gasteiger partial charge in [-0.15, -0.1) is 36.2 Å². The monoisotopic (exact) mass is 443 g/mol. The Balaban J connectivity index is 0.00000112. The number of fused-ring (bicyclic) bond motifs is 3. The molecule has 2 aromatic rings. The Morgan fingerprint density at radius 2 is 1.89 bits per heavy atom. The first kappa shape index (κ1) is 21.2. The molecular formula is C19H23Cl2N3O3S. The quantitative estimate of drug-likeness (QED) is 0.770. The third-order valence-electron chi connectivity index (χ3n) is 5.40. The van der Waals surface area contributed by atoms with Crippen LogP contribution in [0.4, 0.5) is 0 Å². The second-order valence-corrected chi connectivity index (χ2v) is 7.84. The molecule has 5 rings (SSSR count). The molecule has 0 radical (unpaired) electrons. The van der Waals surface area contributed by atoms with Crippen molar-refractivity contribution in [3.05, 3.63) is 29.3 Å². The fourth-order valence-electron chi connectivity index (χ4n) is 4.13. The van der Waals surface area contributed by atoms with E-state index >= 15 is 0 Å². The topological polar surface area (TPSA) is 63.7 Å². The largest absolute Gasteiger partial charge is 0.486 e. The lowest BCUT2D eigenvalue weighted by molar-refractivity contribution is 0.0675. The highest BCUT2D eigenvalue weighted by atomic mass is 35.5. The summed E-state index contributed by atoms with van der Waals surface area (Å²) >= 11 is 1.50. The van der Waals surface area contributed by atoms with Gasteiger partial charge in [-0.1, -0.05) is 0 Å². The van der Waals surface area contributed by atoms with Crippen LogP contribution in [0.15, 0.2) is 23.6 Å². The zero-order chi connectivity index (χ0) is 17.5. The molecule has 1 aromatic heterocycles. The number of hydrogen-bond donors (Lipinski definition) is 1. The lowest BCUT2D eigenvalue weighted by atomic mass is 10.1. The maximum Gasteiger partial charge on any atom is 0.273 e. The van der Waals surface area contributed by atoms with E-state index in [-0.39, 0.29) is 30.7 Å². The number of rotatable bonds is 2. The molecule has 3 aliphatic heterocycles. The summed E-state index contributed by atoms with van der Waals surface area (Å²) in [6.07, 6.45) is 3.22. The van der Waals surface area contributed by atoms with Gasteiger partial charge in [0, 0.05) is 29.6 Å². The molecule has 2 unspecified atom stereocenters. The fraction of sp³-hybridized carbons (Fsp3) is 0.474. The molecule has 28 heavy (non-hydrogen) atoms. The van der Waals surface area contributed by atoms with E-state index in [2.05, 4.69) is 15.2 Å². The zero-order valence-corrected chi connectivity index (χ0v) is 17.7. The standard InChI is InChI=1S/C19H21N3O3S.2ClH/c23-19(22-13-2-3-14(22)10-20-6-5-13)15-11-26-18(21-15)12-1-4-16-17(9-12)25-8-7-24-16;;/h1,4,9,11,13-14,20H,2-3,5-8,10H2;2*1H. The molecule has 6 nitrogen and oxygen atoms in total. The summed E-state index contributed by atoms with van der Waals surface area (Å²) in [6, 6.07) is 6.48. The Hall–Kier alpha value is -1.54. The van der Waals surface area contributed by atoms with E-state index < -0.39 is 0 Å². The average molecular weight is 444 g/mol. The molecule has 1 aromatic carbocycles. The summed E-state index contributed by atoms with van der Waals surface area (Å²) in [5.74, 6) is 1.58. The summed E-state index contributed by atoms with van der Waals surface area (Å²) in [5, 5.41) is 6.16. The molecule has 2 bridgehead atoms. The Labute approximate surface area is 180 Å². The number of nitrogens with one attached hydrogen (secondary N) is 1. The highest BCUT2D eigenvalue weighted by Gasteiger charge is 2.39. The van der Waals surface area contributed by atoms with Gasteiger partial charge in [-0.2, -0.15) is 0 Å².